The predicted molar refractivity (Wildman–Crippen MR) is 100 cm³/mol. The number of rotatable bonds is 3. The molecule has 8 heteroatoms. The van der Waals surface area contributed by atoms with E-state index in [0.29, 0.717) is 18.8 Å². The Labute approximate surface area is 157 Å². The van der Waals surface area contributed by atoms with Crippen LogP contribution in [0.2, 0.25) is 0 Å². The number of amides is 2. The van der Waals surface area contributed by atoms with E-state index in [-0.39, 0.29) is 24.1 Å². The van der Waals surface area contributed by atoms with Crippen molar-refractivity contribution in [2.45, 2.75) is 18.6 Å². The van der Waals surface area contributed by atoms with Crippen molar-refractivity contribution >= 4 is 11.7 Å². The molecule has 0 radical (unpaired) electrons. The lowest BCUT2D eigenvalue weighted by Gasteiger charge is -2.37. The van der Waals surface area contributed by atoms with Crippen molar-refractivity contribution in [1.29, 1.82) is 0 Å². The maximum absolute atomic E-state index is 13.3. The summed E-state index contributed by atoms with van der Waals surface area (Å²) in [7, 11) is 0. The standard InChI is InChI=1S/C19H23FN6O/c20-15-2-1-3-16(12-15)22-19(27)26-10-8-25(9-11-26)18-13-17(23-24-18)14-4-6-21-7-5-14/h1-7,12,17-18,23-24H,8-11,13H2,(H,22,27). The first-order valence-electron chi connectivity index (χ1n) is 9.15. The summed E-state index contributed by atoms with van der Waals surface area (Å²) in [6.45, 7) is 2.86. The molecule has 0 bridgehead atoms. The molecule has 4 rings (SSSR count). The van der Waals surface area contributed by atoms with E-state index in [1.807, 2.05) is 12.1 Å². The molecule has 27 heavy (non-hydrogen) atoms. The largest absolute Gasteiger partial charge is 0.322 e. The molecule has 3 N–H and O–H groups in total. The molecule has 142 valence electrons. The monoisotopic (exact) mass is 370 g/mol. The highest BCUT2D eigenvalue weighted by atomic mass is 19.1. The van der Waals surface area contributed by atoms with Crippen molar-refractivity contribution in [3.63, 3.8) is 0 Å². The number of nitrogens with one attached hydrogen (secondary N) is 3. The van der Waals surface area contributed by atoms with Crippen molar-refractivity contribution in [3.8, 4) is 0 Å². The molecule has 0 spiro atoms. The molecule has 1 aromatic heterocycles. The van der Waals surface area contributed by atoms with Crippen LogP contribution >= 0.6 is 0 Å². The number of nitrogens with zero attached hydrogens (tertiary/aromatic N) is 3. The Bertz CT molecular complexity index is 781. The summed E-state index contributed by atoms with van der Waals surface area (Å²) >= 11 is 0. The maximum atomic E-state index is 13.3. The van der Waals surface area contributed by atoms with Gasteiger partial charge in [-0.1, -0.05) is 6.07 Å². The predicted octanol–water partition coefficient (Wildman–Crippen LogP) is 1.94. The highest BCUT2D eigenvalue weighted by molar-refractivity contribution is 5.89. The zero-order valence-corrected chi connectivity index (χ0v) is 14.9. The first-order chi connectivity index (χ1) is 13.2. The highest BCUT2D eigenvalue weighted by Gasteiger charge is 2.32. The lowest BCUT2D eigenvalue weighted by Crippen LogP contribution is -2.55. The molecule has 1 aromatic carbocycles. The van der Waals surface area contributed by atoms with E-state index >= 15 is 0 Å². The van der Waals surface area contributed by atoms with E-state index in [9.17, 15) is 9.18 Å². The van der Waals surface area contributed by atoms with Gasteiger partial charge < -0.3 is 10.2 Å². The van der Waals surface area contributed by atoms with Crippen LogP contribution in [0.4, 0.5) is 14.9 Å². The molecule has 0 saturated carbocycles. The molecule has 2 atom stereocenters. The van der Waals surface area contributed by atoms with Crippen LogP contribution < -0.4 is 16.2 Å². The van der Waals surface area contributed by atoms with E-state index in [1.165, 1.54) is 17.7 Å². The van der Waals surface area contributed by atoms with E-state index in [4.69, 9.17) is 0 Å². The number of hydrazine groups is 1. The Hall–Kier alpha value is -2.55. The first kappa shape index (κ1) is 17.8. The Balaban J connectivity index is 1.27. The molecule has 2 unspecified atom stereocenters. The van der Waals surface area contributed by atoms with Crippen molar-refractivity contribution in [3.05, 3.63) is 60.2 Å². The second-order valence-corrected chi connectivity index (χ2v) is 6.84. The molecule has 2 fully saturated rings. The van der Waals surface area contributed by atoms with Gasteiger partial charge in [0.2, 0.25) is 0 Å². The molecule has 2 saturated heterocycles. The Kier molecular flexibility index (Phi) is 5.28. The third kappa shape index (κ3) is 4.24. The van der Waals surface area contributed by atoms with Gasteiger partial charge in [0.25, 0.3) is 0 Å². The van der Waals surface area contributed by atoms with Crippen molar-refractivity contribution < 1.29 is 9.18 Å². The number of piperazine rings is 1. The van der Waals surface area contributed by atoms with Crippen LogP contribution in [-0.2, 0) is 0 Å². The topological polar surface area (TPSA) is 72.5 Å². The summed E-state index contributed by atoms with van der Waals surface area (Å²) in [5, 5.41) is 2.76. The average molecular weight is 370 g/mol. The molecule has 2 aliphatic heterocycles. The molecule has 3 heterocycles. The zero-order valence-electron chi connectivity index (χ0n) is 14.9. The minimum atomic E-state index is -0.360. The SMILES string of the molecule is O=C(Nc1cccc(F)c1)N1CCN(C2CC(c3ccncc3)NN2)CC1. The lowest BCUT2D eigenvalue weighted by atomic mass is 10.1. The van der Waals surface area contributed by atoms with Gasteiger partial charge >= 0.3 is 6.03 Å². The number of carbonyl (C=O) groups excluding carboxylic acids is 1. The third-order valence-corrected chi connectivity index (χ3v) is 5.11. The molecular weight excluding hydrogens is 347 g/mol. The molecule has 0 aliphatic carbocycles. The number of aromatic nitrogens is 1. The normalized spacial score (nSPS) is 23.4. The zero-order chi connectivity index (χ0) is 18.6. The summed E-state index contributed by atoms with van der Waals surface area (Å²) in [6.07, 6.45) is 4.80. The minimum Gasteiger partial charge on any atom is -0.322 e. The van der Waals surface area contributed by atoms with Crippen LogP contribution in [0.1, 0.15) is 18.0 Å². The van der Waals surface area contributed by atoms with E-state index in [2.05, 4.69) is 26.1 Å². The third-order valence-electron chi connectivity index (χ3n) is 5.11. The fraction of sp³-hybridized carbons (Fsp3) is 0.368. The Morgan fingerprint density at radius 1 is 1.11 bits per heavy atom. The summed E-state index contributed by atoms with van der Waals surface area (Å²) in [4.78, 5) is 20.6. The van der Waals surface area contributed by atoms with Crippen LogP contribution in [0, 0.1) is 5.82 Å². The van der Waals surface area contributed by atoms with Gasteiger partial charge in [0, 0.05) is 50.3 Å². The lowest BCUT2D eigenvalue weighted by molar-refractivity contribution is 0.103. The number of hydrogen-bond donors (Lipinski definition) is 3. The van der Waals surface area contributed by atoms with Gasteiger partial charge in [-0.2, -0.15) is 0 Å². The van der Waals surface area contributed by atoms with Gasteiger partial charge in [-0.3, -0.25) is 9.88 Å². The number of hydrogen-bond acceptors (Lipinski definition) is 5. The van der Waals surface area contributed by atoms with Gasteiger partial charge in [-0.25, -0.2) is 20.0 Å². The molecule has 2 aliphatic rings. The van der Waals surface area contributed by atoms with Gasteiger partial charge in [-0.05, 0) is 42.3 Å². The van der Waals surface area contributed by atoms with Crippen molar-refractivity contribution in [2.24, 2.45) is 0 Å². The number of benzene rings is 1. The van der Waals surface area contributed by atoms with Crippen LogP contribution in [0.5, 0.6) is 0 Å². The van der Waals surface area contributed by atoms with E-state index in [1.54, 1.807) is 29.4 Å². The van der Waals surface area contributed by atoms with Gasteiger partial charge in [0.05, 0.1) is 6.17 Å². The maximum Gasteiger partial charge on any atom is 0.321 e. The molecular formula is C19H23FN6O. The molecule has 7 nitrogen and oxygen atoms in total. The Morgan fingerprint density at radius 3 is 2.63 bits per heavy atom. The van der Waals surface area contributed by atoms with Crippen LogP contribution in [0.3, 0.4) is 0 Å². The summed E-state index contributed by atoms with van der Waals surface area (Å²) in [6, 6.07) is 10.1. The summed E-state index contributed by atoms with van der Waals surface area (Å²) < 4.78 is 13.3. The quantitative estimate of drug-likeness (QED) is 0.770. The fourth-order valence-electron chi connectivity index (χ4n) is 3.60. The average Bonchev–Trinajstić information content (AvgIpc) is 3.19. The Morgan fingerprint density at radius 2 is 1.89 bits per heavy atom. The number of carbonyl (C=O) groups is 1. The first-order valence-corrected chi connectivity index (χ1v) is 9.15. The van der Waals surface area contributed by atoms with Crippen LogP contribution in [-0.4, -0.2) is 53.2 Å². The minimum absolute atomic E-state index is 0.188. The smallest absolute Gasteiger partial charge is 0.321 e. The van der Waals surface area contributed by atoms with Crippen molar-refractivity contribution in [2.75, 3.05) is 31.5 Å². The van der Waals surface area contributed by atoms with E-state index in [0.717, 1.165) is 19.5 Å². The second kappa shape index (κ2) is 7.99. The summed E-state index contributed by atoms with van der Waals surface area (Å²) in [5.41, 5.74) is 8.40. The number of pyridine rings is 1. The van der Waals surface area contributed by atoms with Gasteiger partial charge in [0.1, 0.15) is 5.82 Å². The highest BCUT2D eigenvalue weighted by Crippen LogP contribution is 2.24. The molecule has 2 aromatic rings. The summed E-state index contributed by atoms with van der Waals surface area (Å²) in [5.74, 6) is -0.360. The van der Waals surface area contributed by atoms with Crippen LogP contribution in [0.15, 0.2) is 48.8 Å². The second-order valence-electron chi connectivity index (χ2n) is 6.84. The molecule has 2 amide bonds. The van der Waals surface area contributed by atoms with Crippen LogP contribution in [0.25, 0.3) is 0 Å². The number of halogens is 1. The van der Waals surface area contributed by atoms with Gasteiger partial charge in [0.15, 0.2) is 0 Å². The van der Waals surface area contributed by atoms with Crippen molar-refractivity contribution in [1.82, 2.24) is 25.6 Å². The number of urea groups is 1. The number of anilines is 1. The van der Waals surface area contributed by atoms with Gasteiger partial charge in [-0.15, -0.1) is 0 Å². The fourth-order valence-corrected chi connectivity index (χ4v) is 3.60. The van der Waals surface area contributed by atoms with E-state index < -0.39 is 0 Å².